The maximum absolute atomic E-state index is 12.4. The zero-order valence-electron chi connectivity index (χ0n) is 12.7. The van der Waals surface area contributed by atoms with Crippen LogP contribution in [0.15, 0.2) is 35.1 Å². The predicted molar refractivity (Wildman–Crippen MR) is 90.0 cm³/mol. The van der Waals surface area contributed by atoms with Gasteiger partial charge in [-0.05, 0) is 40.9 Å². The van der Waals surface area contributed by atoms with Crippen molar-refractivity contribution in [1.82, 2.24) is 19.7 Å². The minimum atomic E-state index is -0.864. The fourth-order valence-corrected chi connectivity index (χ4v) is 2.86. The highest BCUT2D eigenvalue weighted by Crippen LogP contribution is 2.19. The lowest BCUT2D eigenvalue weighted by atomic mass is 9.99. The van der Waals surface area contributed by atoms with Gasteiger partial charge in [-0.1, -0.05) is 0 Å². The average molecular weight is 394 g/mol. The maximum atomic E-state index is 12.4. The number of likely N-dealkylation sites (tertiary alicyclic amines) is 1. The SMILES string of the molecule is O=C(O)C1CCCN(C(=O)Nc2ccnn2-c2ccc(Br)cn2)C1. The zero-order chi connectivity index (χ0) is 17.1. The van der Waals surface area contributed by atoms with Crippen LogP contribution >= 0.6 is 15.9 Å². The molecule has 2 aromatic rings. The number of aromatic nitrogens is 3. The monoisotopic (exact) mass is 393 g/mol. The summed E-state index contributed by atoms with van der Waals surface area (Å²) >= 11 is 3.32. The predicted octanol–water partition coefficient (Wildman–Crippen LogP) is 2.36. The number of hydrogen-bond acceptors (Lipinski definition) is 4. The molecule has 3 heterocycles. The van der Waals surface area contributed by atoms with Crippen LogP contribution in [-0.4, -0.2) is 49.9 Å². The van der Waals surface area contributed by atoms with Crippen molar-refractivity contribution in [2.75, 3.05) is 18.4 Å². The van der Waals surface area contributed by atoms with Crippen molar-refractivity contribution >= 4 is 33.7 Å². The largest absolute Gasteiger partial charge is 0.481 e. The molecule has 0 radical (unpaired) electrons. The number of aliphatic carboxylic acids is 1. The number of halogens is 1. The number of carbonyl (C=O) groups is 2. The molecule has 0 saturated carbocycles. The first-order valence-corrected chi connectivity index (χ1v) is 8.28. The molecular formula is C15H16BrN5O3. The van der Waals surface area contributed by atoms with Crippen LogP contribution in [0.1, 0.15) is 12.8 Å². The molecule has 2 amide bonds. The number of carbonyl (C=O) groups excluding carboxylic acids is 1. The first-order chi connectivity index (χ1) is 11.5. The Bertz CT molecular complexity index is 746. The Balaban J connectivity index is 1.72. The second kappa shape index (κ2) is 7.00. The van der Waals surface area contributed by atoms with Crippen molar-refractivity contribution in [2.45, 2.75) is 12.8 Å². The fourth-order valence-electron chi connectivity index (χ4n) is 2.63. The van der Waals surface area contributed by atoms with E-state index >= 15 is 0 Å². The molecule has 1 fully saturated rings. The number of piperidine rings is 1. The molecule has 0 aliphatic carbocycles. The van der Waals surface area contributed by atoms with E-state index in [2.05, 4.69) is 31.3 Å². The van der Waals surface area contributed by atoms with Gasteiger partial charge in [0, 0.05) is 29.8 Å². The van der Waals surface area contributed by atoms with Gasteiger partial charge in [-0.2, -0.15) is 9.78 Å². The number of pyridine rings is 1. The molecule has 1 aliphatic heterocycles. The summed E-state index contributed by atoms with van der Waals surface area (Å²) in [4.78, 5) is 29.3. The first-order valence-electron chi connectivity index (χ1n) is 7.49. The number of rotatable bonds is 3. The molecule has 0 spiro atoms. The summed E-state index contributed by atoms with van der Waals surface area (Å²) in [5.41, 5.74) is 0. The number of carboxylic acid groups (broad SMARTS) is 1. The van der Waals surface area contributed by atoms with E-state index < -0.39 is 11.9 Å². The quantitative estimate of drug-likeness (QED) is 0.833. The Hall–Kier alpha value is -2.42. The van der Waals surface area contributed by atoms with Crippen LogP contribution in [0, 0.1) is 5.92 Å². The van der Waals surface area contributed by atoms with E-state index in [0.29, 0.717) is 31.0 Å². The molecule has 2 N–H and O–H groups in total. The van der Waals surface area contributed by atoms with E-state index in [0.717, 1.165) is 4.47 Å². The number of carboxylic acids is 1. The summed E-state index contributed by atoms with van der Waals surface area (Å²) in [6, 6.07) is 4.94. The van der Waals surface area contributed by atoms with E-state index in [1.165, 1.54) is 9.58 Å². The Kier molecular flexibility index (Phi) is 4.79. The van der Waals surface area contributed by atoms with Crippen LogP contribution in [-0.2, 0) is 4.79 Å². The first kappa shape index (κ1) is 16.4. The average Bonchev–Trinajstić information content (AvgIpc) is 3.03. The number of nitrogens with one attached hydrogen (secondary N) is 1. The van der Waals surface area contributed by atoms with Gasteiger partial charge in [-0.15, -0.1) is 0 Å². The highest BCUT2D eigenvalue weighted by Gasteiger charge is 2.28. The van der Waals surface area contributed by atoms with Gasteiger partial charge in [-0.3, -0.25) is 10.1 Å². The lowest BCUT2D eigenvalue weighted by Gasteiger charge is -2.30. The van der Waals surface area contributed by atoms with Gasteiger partial charge in [-0.25, -0.2) is 9.78 Å². The molecule has 0 bridgehead atoms. The third kappa shape index (κ3) is 3.56. The molecule has 126 valence electrons. The van der Waals surface area contributed by atoms with Gasteiger partial charge in [0.1, 0.15) is 5.82 Å². The summed E-state index contributed by atoms with van der Waals surface area (Å²) in [6.07, 6.45) is 4.48. The lowest BCUT2D eigenvalue weighted by Crippen LogP contribution is -2.44. The highest BCUT2D eigenvalue weighted by molar-refractivity contribution is 9.10. The van der Waals surface area contributed by atoms with Gasteiger partial charge in [0.15, 0.2) is 5.82 Å². The molecule has 9 heteroatoms. The summed E-state index contributed by atoms with van der Waals surface area (Å²) in [6.45, 7) is 0.756. The minimum Gasteiger partial charge on any atom is -0.481 e. The molecule has 1 atom stereocenters. The van der Waals surface area contributed by atoms with E-state index in [1.807, 2.05) is 6.07 Å². The molecule has 3 rings (SSSR count). The van der Waals surface area contributed by atoms with Crippen LogP contribution in [0.2, 0.25) is 0 Å². The van der Waals surface area contributed by atoms with E-state index in [-0.39, 0.29) is 12.6 Å². The molecule has 2 aromatic heterocycles. The standard InChI is InChI=1S/C15H16BrN5O3/c16-11-3-4-12(17-8-11)21-13(5-6-18-21)19-15(24)20-7-1-2-10(9-20)14(22)23/h3-6,8,10H,1-2,7,9H2,(H,19,24)(H,22,23). The van der Waals surface area contributed by atoms with Crippen molar-refractivity contribution in [3.63, 3.8) is 0 Å². The van der Waals surface area contributed by atoms with E-state index in [1.54, 1.807) is 24.5 Å². The number of urea groups is 1. The Morgan fingerprint density at radius 3 is 2.88 bits per heavy atom. The summed E-state index contributed by atoms with van der Waals surface area (Å²) < 4.78 is 2.36. The molecule has 8 nitrogen and oxygen atoms in total. The zero-order valence-corrected chi connectivity index (χ0v) is 14.3. The molecule has 1 aliphatic rings. The van der Waals surface area contributed by atoms with E-state index in [4.69, 9.17) is 5.11 Å². The second-order valence-electron chi connectivity index (χ2n) is 5.52. The van der Waals surface area contributed by atoms with Crippen molar-refractivity contribution in [3.8, 4) is 5.82 Å². The van der Waals surface area contributed by atoms with Gasteiger partial charge >= 0.3 is 12.0 Å². The van der Waals surface area contributed by atoms with Gasteiger partial charge < -0.3 is 10.0 Å². The minimum absolute atomic E-state index is 0.214. The molecule has 1 unspecified atom stereocenters. The van der Waals surface area contributed by atoms with Crippen LogP contribution in [0.25, 0.3) is 5.82 Å². The van der Waals surface area contributed by atoms with Crippen LogP contribution in [0.4, 0.5) is 10.6 Å². The molecule has 0 aromatic carbocycles. The highest BCUT2D eigenvalue weighted by atomic mass is 79.9. The Labute approximate surface area is 146 Å². The third-order valence-electron chi connectivity index (χ3n) is 3.86. The van der Waals surface area contributed by atoms with Crippen molar-refractivity contribution < 1.29 is 14.7 Å². The summed E-state index contributed by atoms with van der Waals surface area (Å²) in [5.74, 6) is -0.327. The third-order valence-corrected chi connectivity index (χ3v) is 4.33. The lowest BCUT2D eigenvalue weighted by molar-refractivity contribution is -0.143. The Morgan fingerprint density at radius 1 is 1.33 bits per heavy atom. The summed E-state index contributed by atoms with van der Waals surface area (Å²) in [5, 5.41) is 16.1. The molecule has 24 heavy (non-hydrogen) atoms. The number of anilines is 1. The van der Waals surface area contributed by atoms with Crippen molar-refractivity contribution in [1.29, 1.82) is 0 Å². The van der Waals surface area contributed by atoms with Gasteiger partial charge in [0.25, 0.3) is 0 Å². The smallest absolute Gasteiger partial charge is 0.323 e. The molecular weight excluding hydrogens is 378 g/mol. The number of nitrogens with zero attached hydrogens (tertiary/aromatic N) is 4. The van der Waals surface area contributed by atoms with Crippen molar-refractivity contribution in [3.05, 3.63) is 35.1 Å². The van der Waals surface area contributed by atoms with Crippen LogP contribution in [0.5, 0.6) is 0 Å². The maximum Gasteiger partial charge on any atom is 0.323 e. The topological polar surface area (TPSA) is 100 Å². The fraction of sp³-hybridized carbons (Fsp3) is 0.333. The van der Waals surface area contributed by atoms with Crippen LogP contribution in [0.3, 0.4) is 0 Å². The number of amides is 2. The van der Waals surface area contributed by atoms with Gasteiger partial charge in [0.2, 0.25) is 0 Å². The summed E-state index contributed by atoms with van der Waals surface area (Å²) in [7, 11) is 0. The van der Waals surface area contributed by atoms with Crippen molar-refractivity contribution in [2.24, 2.45) is 5.92 Å². The normalized spacial score (nSPS) is 17.5. The molecule has 1 saturated heterocycles. The Morgan fingerprint density at radius 2 is 2.17 bits per heavy atom. The van der Waals surface area contributed by atoms with Gasteiger partial charge in [0.05, 0.1) is 12.1 Å². The van der Waals surface area contributed by atoms with E-state index in [9.17, 15) is 9.59 Å². The van der Waals surface area contributed by atoms with Crippen LogP contribution < -0.4 is 5.32 Å². The second-order valence-corrected chi connectivity index (χ2v) is 6.43. The number of hydrogen-bond donors (Lipinski definition) is 2.